The second-order valence-corrected chi connectivity index (χ2v) is 3.40. The molecule has 0 spiro atoms. The number of aromatic nitrogens is 1. The van der Waals surface area contributed by atoms with Gasteiger partial charge in [0.25, 0.3) is 0 Å². The topological polar surface area (TPSA) is 12.9 Å². The highest BCUT2D eigenvalue weighted by Gasteiger charge is 1.99. The largest absolute Gasteiger partial charge is 0.261 e. The fraction of sp³-hybridized carbons (Fsp3) is 0.182. The molecule has 2 aromatic rings. The first-order valence-electron chi connectivity index (χ1n) is 4.34. The molecule has 0 saturated carbocycles. The maximum atomic E-state index is 6.06. The Morgan fingerprint density at radius 1 is 1.38 bits per heavy atom. The molecule has 0 saturated heterocycles. The van der Waals surface area contributed by atoms with Crippen LogP contribution in [0.4, 0.5) is 0 Å². The van der Waals surface area contributed by atoms with Gasteiger partial charge in [-0.15, -0.1) is 0 Å². The number of fused-ring (bicyclic) bond motifs is 1. The summed E-state index contributed by atoms with van der Waals surface area (Å²) < 4.78 is 0. The van der Waals surface area contributed by atoms with Gasteiger partial charge in [0.15, 0.2) is 0 Å². The minimum Gasteiger partial charge on any atom is -0.261 e. The fourth-order valence-corrected chi connectivity index (χ4v) is 1.60. The molecule has 0 aliphatic carbocycles. The summed E-state index contributed by atoms with van der Waals surface area (Å²) in [7, 11) is 0. The lowest BCUT2D eigenvalue weighted by Gasteiger charge is -2.01. The van der Waals surface area contributed by atoms with E-state index in [9.17, 15) is 0 Å². The Balaban J connectivity index is 2.74. The van der Waals surface area contributed by atoms with Gasteiger partial charge in [0.1, 0.15) is 0 Å². The van der Waals surface area contributed by atoms with Gasteiger partial charge in [-0.25, -0.2) is 0 Å². The molecule has 1 aromatic carbocycles. The molecule has 0 unspecified atom stereocenters. The summed E-state index contributed by atoms with van der Waals surface area (Å²) in [6.07, 6.45) is 2.82. The van der Waals surface area contributed by atoms with Crippen molar-refractivity contribution in [3.05, 3.63) is 41.2 Å². The van der Waals surface area contributed by atoms with Crippen LogP contribution in [0.2, 0.25) is 5.02 Å². The van der Waals surface area contributed by atoms with Crippen LogP contribution in [0.3, 0.4) is 0 Å². The van der Waals surface area contributed by atoms with Crippen molar-refractivity contribution >= 4 is 22.4 Å². The zero-order chi connectivity index (χ0) is 9.26. The van der Waals surface area contributed by atoms with Crippen molar-refractivity contribution in [2.45, 2.75) is 13.3 Å². The van der Waals surface area contributed by atoms with Gasteiger partial charge in [-0.1, -0.05) is 30.7 Å². The first-order chi connectivity index (χ1) is 6.31. The van der Waals surface area contributed by atoms with Crippen LogP contribution in [-0.4, -0.2) is 4.98 Å². The average Bonchev–Trinajstić information content (AvgIpc) is 2.18. The quantitative estimate of drug-likeness (QED) is 0.673. The number of benzene rings is 1. The molecule has 0 fully saturated rings. The van der Waals surface area contributed by atoms with E-state index in [0.717, 1.165) is 27.9 Å². The molecule has 1 heterocycles. The third-order valence-electron chi connectivity index (χ3n) is 2.13. The van der Waals surface area contributed by atoms with E-state index in [0.29, 0.717) is 0 Å². The highest BCUT2D eigenvalue weighted by Crippen LogP contribution is 2.22. The van der Waals surface area contributed by atoms with Gasteiger partial charge in [0, 0.05) is 27.7 Å². The lowest BCUT2D eigenvalue weighted by atomic mass is 10.1. The van der Waals surface area contributed by atoms with Crippen molar-refractivity contribution < 1.29 is 0 Å². The molecule has 0 bridgehead atoms. The molecule has 0 atom stereocenters. The van der Waals surface area contributed by atoms with Crippen LogP contribution in [0.25, 0.3) is 10.8 Å². The molecular weight excluding hydrogens is 182 g/mol. The van der Waals surface area contributed by atoms with E-state index in [2.05, 4.69) is 18.0 Å². The molecule has 0 radical (unpaired) electrons. The van der Waals surface area contributed by atoms with E-state index in [1.165, 1.54) is 0 Å². The van der Waals surface area contributed by atoms with E-state index < -0.39 is 0 Å². The second-order valence-electron chi connectivity index (χ2n) is 2.99. The average molecular weight is 192 g/mol. The lowest BCUT2D eigenvalue weighted by molar-refractivity contribution is 1.05. The van der Waals surface area contributed by atoms with Crippen molar-refractivity contribution in [1.82, 2.24) is 4.98 Å². The minimum absolute atomic E-state index is 0.801. The Morgan fingerprint density at radius 2 is 2.23 bits per heavy atom. The van der Waals surface area contributed by atoms with E-state index in [4.69, 9.17) is 11.6 Å². The van der Waals surface area contributed by atoms with E-state index in [1.807, 2.05) is 24.4 Å². The first-order valence-corrected chi connectivity index (χ1v) is 4.72. The highest BCUT2D eigenvalue weighted by atomic mass is 35.5. The summed E-state index contributed by atoms with van der Waals surface area (Å²) in [6, 6.07) is 7.92. The number of pyridine rings is 1. The van der Waals surface area contributed by atoms with Crippen LogP contribution in [0, 0.1) is 0 Å². The monoisotopic (exact) mass is 191 g/mol. The SMILES string of the molecule is CCc1cc2c(Cl)cccc2cn1. The molecule has 2 heteroatoms. The number of hydrogen-bond acceptors (Lipinski definition) is 1. The maximum Gasteiger partial charge on any atom is 0.0485 e. The Labute approximate surface area is 82.4 Å². The zero-order valence-electron chi connectivity index (χ0n) is 7.42. The number of nitrogens with zero attached hydrogens (tertiary/aromatic N) is 1. The normalized spacial score (nSPS) is 10.6. The zero-order valence-corrected chi connectivity index (χ0v) is 8.17. The Bertz CT molecular complexity index is 437. The third-order valence-corrected chi connectivity index (χ3v) is 2.46. The summed E-state index contributed by atoms with van der Waals surface area (Å²) in [6.45, 7) is 2.09. The van der Waals surface area contributed by atoms with Crippen molar-refractivity contribution in [2.75, 3.05) is 0 Å². The third kappa shape index (κ3) is 1.52. The van der Waals surface area contributed by atoms with Gasteiger partial charge in [-0.2, -0.15) is 0 Å². The molecule has 0 aliphatic heterocycles. The number of aryl methyl sites for hydroxylation is 1. The molecule has 2 rings (SSSR count). The van der Waals surface area contributed by atoms with Crippen LogP contribution in [0.5, 0.6) is 0 Å². The molecule has 0 aliphatic rings. The van der Waals surface area contributed by atoms with Gasteiger partial charge in [-0.05, 0) is 18.6 Å². The highest BCUT2D eigenvalue weighted by molar-refractivity contribution is 6.35. The predicted molar refractivity (Wildman–Crippen MR) is 56.1 cm³/mol. The van der Waals surface area contributed by atoms with Crippen LogP contribution < -0.4 is 0 Å². The van der Waals surface area contributed by atoms with Crippen molar-refractivity contribution in [3.8, 4) is 0 Å². The van der Waals surface area contributed by atoms with E-state index in [1.54, 1.807) is 0 Å². The van der Waals surface area contributed by atoms with Crippen LogP contribution >= 0.6 is 11.6 Å². The van der Waals surface area contributed by atoms with Gasteiger partial charge in [0.05, 0.1) is 0 Å². The number of hydrogen-bond donors (Lipinski definition) is 0. The molecule has 66 valence electrons. The molecule has 0 amide bonds. The van der Waals surface area contributed by atoms with Crippen LogP contribution in [-0.2, 0) is 6.42 Å². The van der Waals surface area contributed by atoms with Crippen molar-refractivity contribution in [2.24, 2.45) is 0 Å². The Hall–Kier alpha value is -1.08. The van der Waals surface area contributed by atoms with Gasteiger partial charge >= 0.3 is 0 Å². The van der Waals surface area contributed by atoms with E-state index >= 15 is 0 Å². The predicted octanol–water partition coefficient (Wildman–Crippen LogP) is 3.45. The smallest absolute Gasteiger partial charge is 0.0485 e. The van der Waals surface area contributed by atoms with Crippen LogP contribution in [0.1, 0.15) is 12.6 Å². The molecule has 0 N–H and O–H groups in total. The van der Waals surface area contributed by atoms with Crippen LogP contribution in [0.15, 0.2) is 30.5 Å². The molecule has 1 aromatic heterocycles. The summed E-state index contributed by atoms with van der Waals surface area (Å²) in [5.41, 5.74) is 1.08. The molecular formula is C11H10ClN. The van der Waals surface area contributed by atoms with E-state index in [-0.39, 0.29) is 0 Å². The molecule has 1 nitrogen and oxygen atoms in total. The Morgan fingerprint density at radius 3 is 3.00 bits per heavy atom. The van der Waals surface area contributed by atoms with Gasteiger partial charge in [0.2, 0.25) is 0 Å². The summed E-state index contributed by atoms with van der Waals surface area (Å²) in [5.74, 6) is 0. The Kier molecular flexibility index (Phi) is 2.19. The first kappa shape index (κ1) is 8.52. The summed E-state index contributed by atoms with van der Waals surface area (Å²) in [5, 5.41) is 3.00. The van der Waals surface area contributed by atoms with Crippen molar-refractivity contribution in [3.63, 3.8) is 0 Å². The molecule has 13 heavy (non-hydrogen) atoms. The summed E-state index contributed by atoms with van der Waals surface area (Å²) >= 11 is 6.06. The lowest BCUT2D eigenvalue weighted by Crippen LogP contribution is -1.86. The summed E-state index contributed by atoms with van der Waals surface area (Å²) in [4.78, 5) is 4.31. The minimum atomic E-state index is 0.801. The fourth-order valence-electron chi connectivity index (χ4n) is 1.37. The number of rotatable bonds is 1. The van der Waals surface area contributed by atoms with Crippen molar-refractivity contribution in [1.29, 1.82) is 0 Å². The standard InChI is InChI=1S/C11H10ClN/c1-2-9-6-10-8(7-13-9)4-3-5-11(10)12/h3-7H,2H2,1H3. The van der Waals surface area contributed by atoms with Gasteiger partial charge in [-0.3, -0.25) is 4.98 Å². The number of halogens is 1. The van der Waals surface area contributed by atoms with Gasteiger partial charge < -0.3 is 0 Å². The second kappa shape index (κ2) is 3.35. The maximum absolute atomic E-state index is 6.06.